The molecule has 0 saturated heterocycles. The summed E-state index contributed by atoms with van der Waals surface area (Å²) in [5.41, 5.74) is 2.81. The summed E-state index contributed by atoms with van der Waals surface area (Å²) >= 11 is 12.2. The molecular weight excluding hydrogens is 461 g/mol. The van der Waals surface area contributed by atoms with Crippen LogP contribution in [0.15, 0.2) is 60.7 Å². The lowest BCUT2D eigenvalue weighted by Gasteiger charge is -2.18. The smallest absolute Gasteiger partial charge is 0.328 e. The lowest BCUT2D eigenvalue weighted by atomic mass is 9.94. The van der Waals surface area contributed by atoms with Crippen LogP contribution < -0.4 is 5.32 Å². The van der Waals surface area contributed by atoms with Gasteiger partial charge in [-0.05, 0) is 35.4 Å². The van der Waals surface area contributed by atoms with E-state index in [2.05, 4.69) is 17.5 Å². The van der Waals surface area contributed by atoms with Crippen molar-refractivity contribution in [3.8, 4) is 23.3 Å². The van der Waals surface area contributed by atoms with Gasteiger partial charge in [0.25, 0.3) is 5.91 Å². The molecule has 6 nitrogen and oxygen atoms in total. The van der Waals surface area contributed by atoms with Crippen LogP contribution in [0.2, 0.25) is 10.0 Å². The van der Waals surface area contributed by atoms with Gasteiger partial charge in [-0.3, -0.25) is 4.79 Å². The molecule has 0 fully saturated rings. The van der Waals surface area contributed by atoms with E-state index in [1.807, 2.05) is 0 Å². The number of methoxy groups -OCH3 is 1. The van der Waals surface area contributed by atoms with Gasteiger partial charge in [-0.15, -0.1) is 0 Å². The maximum absolute atomic E-state index is 12.7. The molecule has 1 amide bonds. The largest absolute Gasteiger partial charge is 0.467 e. The van der Waals surface area contributed by atoms with Crippen molar-refractivity contribution in [3.05, 3.63) is 93.0 Å². The Labute approximate surface area is 200 Å². The Bertz CT molecular complexity index is 1240. The van der Waals surface area contributed by atoms with Gasteiger partial charge in [0.1, 0.15) is 6.04 Å². The fourth-order valence-electron chi connectivity index (χ4n) is 3.37. The van der Waals surface area contributed by atoms with Crippen LogP contribution >= 0.6 is 23.2 Å². The van der Waals surface area contributed by atoms with E-state index in [-0.39, 0.29) is 22.0 Å². The number of carbonyl (C=O) groups is 2. The van der Waals surface area contributed by atoms with Crippen LogP contribution in [0.5, 0.6) is 0 Å². The predicted octanol–water partition coefficient (Wildman–Crippen LogP) is 4.92. The first-order valence-electron chi connectivity index (χ1n) is 9.74. The first kappa shape index (κ1) is 23.8. The van der Waals surface area contributed by atoms with Crippen LogP contribution in [-0.2, 0) is 16.0 Å². The van der Waals surface area contributed by atoms with E-state index in [1.54, 1.807) is 48.5 Å². The van der Waals surface area contributed by atoms with Crippen LogP contribution in [0.25, 0.3) is 11.1 Å². The van der Waals surface area contributed by atoms with Crippen molar-refractivity contribution in [1.82, 2.24) is 5.32 Å². The minimum Gasteiger partial charge on any atom is -0.467 e. The second-order valence-electron chi connectivity index (χ2n) is 7.00. The van der Waals surface area contributed by atoms with Crippen LogP contribution in [0, 0.1) is 22.7 Å². The third-order valence-corrected chi connectivity index (χ3v) is 5.60. The van der Waals surface area contributed by atoms with E-state index < -0.39 is 17.9 Å². The zero-order chi connectivity index (χ0) is 24.0. The minimum atomic E-state index is -0.984. The summed E-state index contributed by atoms with van der Waals surface area (Å²) in [5.74, 6) is -1.23. The van der Waals surface area contributed by atoms with Crippen molar-refractivity contribution in [2.45, 2.75) is 12.5 Å². The number of rotatable bonds is 6. The molecule has 1 N–H and O–H groups in total. The standard InChI is InChI=1S/C25H17Cl2N3O3/c1-33-25(32)21(30-24(31)23-19(26)6-3-7-20(23)27)12-15-8-10-16(11-9-15)22-17(13-28)4-2-5-18(22)14-29/h2-11,21H,12H2,1H3,(H,30,31)/t21-/m0/s1. The number of halogens is 2. The number of hydrogen-bond acceptors (Lipinski definition) is 5. The molecular formula is C25H17Cl2N3O3. The van der Waals surface area contributed by atoms with E-state index in [9.17, 15) is 20.1 Å². The number of carbonyl (C=O) groups excluding carboxylic acids is 2. The van der Waals surface area contributed by atoms with Crippen molar-refractivity contribution in [3.63, 3.8) is 0 Å². The predicted molar refractivity (Wildman–Crippen MR) is 125 cm³/mol. The van der Waals surface area contributed by atoms with Crippen LogP contribution in [0.4, 0.5) is 0 Å². The molecule has 0 aliphatic rings. The molecule has 0 unspecified atom stereocenters. The molecule has 0 aliphatic heterocycles. The Hall–Kier alpha value is -3.84. The molecule has 0 aliphatic carbocycles. The molecule has 0 radical (unpaired) electrons. The van der Waals surface area contributed by atoms with Crippen molar-refractivity contribution in [2.75, 3.05) is 7.11 Å². The van der Waals surface area contributed by atoms with E-state index in [4.69, 9.17) is 27.9 Å². The van der Waals surface area contributed by atoms with Gasteiger partial charge in [0, 0.05) is 12.0 Å². The topological polar surface area (TPSA) is 103 Å². The number of nitrogens with zero attached hydrogens (tertiary/aromatic N) is 2. The highest BCUT2D eigenvalue weighted by Gasteiger charge is 2.25. The number of nitriles is 2. The maximum Gasteiger partial charge on any atom is 0.328 e. The Balaban J connectivity index is 1.86. The first-order valence-corrected chi connectivity index (χ1v) is 10.5. The molecule has 3 aromatic rings. The van der Waals surface area contributed by atoms with Crippen LogP contribution in [-0.4, -0.2) is 25.0 Å². The molecule has 3 aromatic carbocycles. The molecule has 0 bridgehead atoms. The molecule has 0 heterocycles. The number of benzene rings is 3. The lowest BCUT2D eigenvalue weighted by Crippen LogP contribution is -2.43. The zero-order valence-electron chi connectivity index (χ0n) is 17.4. The van der Waals surface area contributed by atoms with Gasteiger partial charge in [-0.1, -0.05) is 59.6 Å². The SMILES string of the molecule is COC(=O)[C@H](Cc1ccc(-c2c(C#N)cccc2C#N)cc1)NC(=O)c1c(Cl)cccc1Cl. The fourth-order valence-corrected chi connectivity index (χ4v) is 3.94. The summed E-state index contributed by atoms with van der Waals surface area (Å²) in [4.78, 5) is 25.1. The molecule has 1 atom stereocenters. The molecule has 0 aromatic heterocycles. The quantitative estimate of drug-likeness (QED) is 0.507. The number of ether oxygens (including phenoxy) is 1. The highest BCUT2D eigenvalue weighted by Crippen LogP contribution is 2.28. The van der Waals surface area contributed by atoms with E-state index in [0.29, 0.717) is 22.3 Å². The van der Waals surface area contributed by atoms with Gasteiger partial charge in [0.05, 0.1) is 46.0 Å². The van der Waals surface area contributed by atoms with Gasteiger partial charge >= 0.3 is 5.97 Å². The molecule has 0 saturated carbocycles. The third-order valence-electron chi connectivity index (χ3n) is 4.97. The summed E-state index contributed by atoms with van der Waals surface area (Å²) in [5, 5.41) is 21.8. The molecule has 0 spiro atoms. The fraction of sp³-hybridized carbons (Fsp3) is 0.120. The Morgan fingerprint density at radius 1 is 0.939 bits per heavy atom. The van der Waals surface area contributed by atoms with E-state index in [1.165, 1.54) is 19.2 Å². The summed E-state index contributed by atoms with van der Waals surface area (Å²) in [6.45, 7) is 0. The maximum atomic E-state index is 12.7. The number of esters is 1. The van der Waals surface area contributed by atoms with E-state index in [0.717, 1.165) is 5.56 Å². The summed E-state index contributed by atoms with van der Waals surface area (Å²) in [6.07, 6.45) is 0.145. The molecule has 8 heteroatoms. The Morgan fingerprint density at radius 2 is 1.48 bits per heavy atom. The summed E-state index contributed by atoms with van der Waals surface area (Å²) in [7, 11) is 1.23. The van der Waals surface area contributed by atoms with Crippen molar-refractivity contribution < 1.29 is 14.3 Å². The van der Waals surface area contributed by atoms with Gasteiger partial charge < -0.3 is 10.1 Å². The third kappa shape index (κ3) is 5.32. The summed E-state index contributed by atoms with van der Waals surface area (Å²) < 4.78 is 4.84. The van der Waals surface area contributed by atoms with Gasteiger partial charge in [-0.25, -0.2) is 4.79 Å². The van der Waals surface area contributed by atoms with Crippen LogP contribution in [0.3, 0.4) is 0 Å². The Kier molecular flexibility index (Phi) is 7.69. The van der Waals surface area contributed by atoms with Gasteiger partial charge in [-0.2, -0.15) is 10.5 Å². The lowest BCUT2D eigenvalue weighted by molar-refractivity contribution is -0.142. The summed E-state index contributed by atoms with van der Waals surface area (Å²) in [6, 6.07) is 19.9. The highest BCUT2D eigenvalue weighted by molar-refractivity contribution is 6.39. The number of amides is 1. The van der Waals surface area contributed by atoms with Gasteiger partial charge in [0.15, 0.2) is 0 Å². The van der Waals surface area contributed by atoms with E-state index >= 15 is 0 Å². The number of nitrogens with one attached hydrogen (secondary N) is 1. The molecule has 3 rings (SSSR count). The van der Waals surface area contributed by atoms with Gasteiger partial charge in [0.2, 0.25) is 0 Å². The first-order chi connectivity index (χ1) is 15.9. The number of hydrogen-bond donors (Lipinski definition) is 1. The molecule has 33 heavy (non-hydrogen) atoms. The molecule has 164 valence electrons. The normalized spacial score (nSPS) is 11.1. The van der Waals surface area contributed by atoms with Crippen LogP contribution in [0.1, 0.15) is 27.0 Å². The Morgan fingerprint density at radius 3 is 2.00 bits per heavy atom. The zero-order valence-corrected chi connectivity index (χ0v) is 18.9. The average molecular weight is 478 g/mol. The highest BCUT2D eigenvalue weighted by atomic mass is 35.5. The monoisotopic (exact) mass is 477 g/mol. The average Bonchev–Trinajstić information content (AvgIpc) is 2.83. The second-order valence-corrected chi connectivity index (χ2v) is 7.81. The van der Waals surface area contributed by atoms with Crippen molar-refractivity contribution in [2.24, 2.45) is 0 Å². The van der Waals surface area contributed by atoms with Crippen molar-refractivity contribution in [1.29, 1.82) is 10.5 Å². The van der Waals surface area contributed by atoms with Crippen molar-refractivity contribution >= 4 is 35.1 Å². The second kappa shape index (κ2) is 10.7. The minimum absolute atomic E-state index is 0.0715.